The van der Waals surface area contributed by atoms with Gasteiger partial charge in [0.05, 0.1) is 0 Å². The molecule has 0 aromatic carbocycles. The van der Waals surface area contributed by atoms with Crippen LogP contribution < -0.4 is 0 Å². The smallest absolute Gasteiger partial charge is 0.306 e. The number of carbonyl (C=O) groups is 3. The number of carbonyl (C=O) groups excluding carboxylic acids is 3. The number of hydrogen-bond acceptors (Lipinski definition) is 6. The molecule has 0 aliphatic heterocycles. The van der Waals surface area contributed by atoms with E-state index in [2.05, 4.69) is 93.7 Å². The first kappa shape index (κ1) is 57.9. The minimum absolute atomic E-state index is 0.0933. The van der Waals surface area contributed by atoms with Gasteiger partial charge in [-0.2, -0.15) is 0 Å². The Morgan fingerprint density at radius 3 is 0.984 bits per heavy atom. The summed E-state index contributed by atoms with van der Waals surface area (Å²) < 4.78 is 16.7. The van der Waals surface area contributed by atoms with E-state index in [-0.39, 0.29) is 31.1 Å². The first-order valence-corrected chi connectivity index (χ1v) is 25.4. The molecule has 0 bridgehead atoms. The lowest BCUT2D eigenvalue weighted by Gasteiger charge is -2.18. The lowest BCUT2D eigenvalue weighted by Crippen LogP contribution is -2.30. The van der Waals surface area contributed by atoms with Crippen molar-refractivity contribution in [2.24, 2.45) is 0 Å². The number of ether oxygens (including phenoxy) is 3. The van der Waals surface area contributed by atoms with Crippen molar-refractivity contribution in [3.8, 4) is 0 Å². The van der Waals surface area contributed by atoms with Gasteiger partial charge in [0.1, 0.15) is 13.2 Å². The summed E-state index contributed by atoms with van der Waals surface area (Å²) in [7, 11) is 0. The van der Waals surface area contributed by atoms with Crippen LogP contribution in [-0.4, -0.2) is 37.2 Å². The molecule has 61 heavy (non-hydrogen) atoms. The summed E-state index contributed by atoms with van der Waals surface area (Å²) in [5, 5.41) is 0. The summed E-state index contributed by atoms with van der Waals surface area (Å²) in [4.78, 5) is 37.9. The molecule has 0 amide bonds. The molecule has 0 saturated carbocycles. The van der Waals surface area contributed by atoms with Gasteiger partial charge in [-0.25, -0.2) is 0 Å². The van der Waals surface area contributed by atoms with Crippen molar-refractivity contribution in [1.82, 2.24) is 0 Å². The Bertz CT molecular complexity index is 1160. The van der Waals surface area contributed by atoms with E-state index in [4.69, 9.17) is 14.2 Å². The molecule has 6 heteroatoms. The lowest BCUT2D eigenvalue weighted by atomic mass is 10.1. The average Bonchev–Trinajstić information content (AvgIpc) is 3.26. The Morgan fingerprint density at radius 2 is 0.607 bits per heavy atom. The predicted octanol–water partition coefficient (Wildman–Crippen LogP) is 16.6. The zero-order chi connectivity index (χ0) is 44.4. The lowest BCUT2D eigenvalue weighted by molar-refractivity contribution is -0.167. The van der Waals surface area contributed by atoms with Crippen molar-refractivity contribution >= 4 is 17.9 Å². The van der Waals surface area contributed by atoms with Crippen LogP contribution in [0.25, 0.3) is 0 Å². The first-order chi connectivity index (χ1) is 30.0. The Labute approximate surface area is 376 Å². The maximum atomic E-state index is 12.8. The molecule has 0 aromatic heterocycles. The van der Waals surface area contributed by atoms with Gasteiger partial charge in [0.25, 0.3) is 0 Å². The van der Waals surface area contributed by atoms with Gasteiger partial charge in [-0.3, -0.25) is 14.4 Å². The summed E-state index contributed by atoms with van der Waals surface area (Å²) >= 11 is 0. The maximum absolute atomic E-state index is 12.8. The Kier molecular flexibility index (Phi) is 46.9. The Hall–Kier alpha value is -3.15. The molecule has 0 heterocycles. The van der Waals surface area contributed by atoms with Gasteiger partial charge in [0, 0.05) is 19.3 Å². The van der Waals surface area contributed by atoms with Crippen LogP contribution in [0.1, 0.15) is 239 Å². The second kappa shape index (κ2) is 49.5. The maximum Gasteiger partial charge on any atom is 0.306 e. The fourth-order valence-corrected chi connectivity index (χ4v) is 6.75. The van der Waals surface area contributed by atoms with Crippen molar-refractivity contribution in [1.29, 1.82) is 0 Å². The monoisotopic (exact) mass is 851 g/mol. The molecule has 1 atom stereocenters. The molecule has 0 radical (unpaired) electrons. The molecule has 0 fully saturated rings. The van der Waals surface area contributed by atoms with Crippen LogP contribution in [0.4, 0.5) is 0 Å². The average molecular weight is 851 g/mol. The fourth-order valence-electron chi connectivity index (χ4n) is 6.75. The van der Waals surface area contributed by atoms with Crippen LogP contribution in [0, 0.1) is 0 Å². The molecule has 350 valence electrons. The highest BCUT2D eigenvalue weighted by atomic mass is 16.6. The van der Waals surface area contributed by atoms with Crippen LogP contribution in [0.3, 0.4) is 0 Å². The van der Waals surface area contributed by atoms with E-state index in [1.165, 1.54) is 83.5 Å². The molecular formula is C55H94O6. The summed E-state index contributed by atoms with van der Waals surface area (Å²) in [6, 6.07) is 0. The highest BCUT2D eigenvalue weighted by Crippen LogP contribution is 2.13. The Balaban J connectivity index is 4.45. The molecule has 0 saturated heterocycles. The normalized spacial score (nSPS) is 12.6. The molecule has 0 N–H and O–H groups in total. The highest BCUT2D eigenvalue weighted by Gasteiger charge is 2.19. The van der Waals surface area contributed by atoms with Crippen LogP contribution in [0.15, 0.2) is 72.9 Å². The summed E-state index contributed by atoms with van der Waals surface area (Å²) in [6.07, 6.45) is 61.6. The summed E-state index contributed by atoms with van der Waals surface area (Å²) in [6.45, 7) is 6.50. The van der Waals surface area contributed by atoms with Gasteiger partial charge in [-0.05, 0) is 109 Å². The largest absolute Gasteiger partial charge is 0.462 e. The highest BCUT2D eigenvalue weighted by molar-refractivity contribution is 5.71. The van der Waals surface area contributed by atoms with Gasteiger partial charge in [0.2, 0.25) is 0 Å². The third-order valence-corrected chi connectivity index (χ3v) is 10.7. The van der Waals surface area contributed by atoms with Gasteiger partial charge in [-0.15, -0.1) is 0 Å². The zero-order valence-electron chi connectivity index (χ0n) is 39.9. The van der Waals surface area contributed by atoms with Crippen LogP contribution >= 0.6 is 0 Å². The van der Waals surface area contributed by atoms with E-state index < -0.39 is 6.10 Å². The number of rotatable bonds is 45. The van der Waals surface area contributed by atoms with Crippen LogP contribution in [-0.2, 0) is 28.6 Å². The topological polar surface area (TPSA) is 78.9 Å². The molecule has 6 nitrogen and oxygen atoms in total. The minimum Gasteiger partial charge on any atom is -0.462 e. The van der Waals surface area contributed by atoms with Crippen molar-refractivity contribution in [2.75, 3.05) is 13.2 Å². The van der Waals surface area contributed by atoms with Crippen molar-refractivity contribution in [3.05, 3.63) is 72.9 Å². The molecule has 0 rings (SSSR count). The van der Waals surface area contributed by atoms with Gasteiger partial charge < -0.3 is 14.2 Å². The predicted molar refractivity (Wildman–Crippen MR) is 261 cm³/mol. The molecule has 0 unspecified atom stereocenters. The van der Waals surface area contributed by atoms with Gasteiger partial charge >= 0.3 is 17.9 Å². The van der Waals surface area contributed by atoms with E-state index in [9.17, 15) is 14.4 Å². The van der Waals surface area contributed by atoms with E-state index in [1.807, 2.05) is 0 Å². The second-order valence-electron chi connectivity index (χ2n) is 16.7. The first-order valence-electron chi connectivity index (χ1n) is 25.4. The van der Waals surface area contributed by atoms with Crippen LogP contribution in [0.2, 0.25) is 0 Å². The number of allylic oxidation sites excluding steroid dienone is 12. The SMILES string of the molecule is CCCC/C=C\C/C=C\CCCCCCCC(=O)O[C@@H](COC(=O)CCCCCC/C=C\C/C=C\C/C=C\CCCCC)COC(=O)CCCCCCC/C=C\CCCCC. The van der Waals surface area contributed by atoms with Crippen molar-refractivity contribution in [2.45, 2.75) is 245 Å². The van der Waals surface area contributed by atoms with E-state index in [0.29, 0.717) is 19.3 Å². The van der Waals surface area contributed by atoms with E-state index in [1.54, 1.807) is 0 Å². The molecule has 0 aliphatic rings. The minimum atomic E-state index is -0.794. The third kappa shape index (κ3) is 47.7. The summed E-state index contributed by atoms with van der Waals surface area (Å²) in [5.41, 5.74) is 0. The summed E-state index contributed by atoms with van der Waals surface area (Å²) in [5.74, 6) is -0.939. The second-order valence-corrected chi connectivity index (χ2v) is 16.7. The molecular weight excluding hydrogens is 757 g/mol. The zero-order valence-corrected chi connectivity index (χ0v) is 39.9. The van der Waals surface area contributed by atoms with Crippen molar-refractivity contribution in [3.63, 3.8) is 0 Å². The van der Waals surface area contributed by atoms with E-state index >= 15 is 0 Å². The molecule has 0 aromatic rings. The fraction of sp³-hybridized carbons (Fsp3) is 0.727. The number of unbranched alkanes of at least 4 members (excludes halogenated alkanes) is 22. The van der Waals surface area contributed by atoms with Gasteiger partial charge in [0.15, 0.2) is 6.10 Å². The van der Waals surface area contributed by atoms with E-state index in [0.717, 1.165) is 116 Å². The standard InChI is InChI=1S/C55H94O6/c1-4-7-10-13-16-19-22-25-27-28-29-31-33-36-39-42-45-48-54(57)60-51-52(50-59-53(56)47-44-41-38-35-32-24-21-18-15-12-9-6-3)61-55(58)49-46-43-40-37-34-30-26-23-20-17-14-11-8-5-2/h14,16-19,21,23,25-27,29,31,52H,4-13,15,20,22,24,28,30,32-51H2,1-3H3/b17-14-,19-16-,21-18-,26-23-,27-25-,31-29-/t52-/m1/s1. The Morgan fingerprint density at radius 1 is 0.328 bits per heavy atom. The number of esters is 3. The number of hydrogen-bond donors (Lipinski definition) is 0. The molecule has 0 aliphatic carbocycles. The molecule has 0 spiro atoms. The van der Waals surface area contributed by atoms with Gasteiger partial charge in [-0.1, -0.05) is 184 Å². The van der Waals surface area contributed by atoms with Crippen molar-refractivity contribution < 1.29 is 28.6 Å². The third-order valence-electron chi connectivity index (χ3n) is 10.7. The van der Waals surface area contributed by atoms with Crippen LogP contribution in [0.5, 0.6) is 0 Å². The quantitative estimate of drug-likeness (QED) is 0.0263.